The number of benzene rings is 9. The summed E-state index contributed by atoms with van der Waals surface area (Å²) in [6, 6.07) is 64.5. The van der Waals surface area contributed by atoms with E-state index >= 15 is 0 Å². The lowest BCUT2D eigenvalue weighted by molar-refractivity contribution is 1.30. The number of fused-ring (bicyclic) bond motifs is 9. The van der Waals surface area contributed by atoms with E-state index in [4.69, 9.17) is 0 Å². The van der Waals surface area contributed by atoms with E-state index in [-0.39, 0.29) is 0 Å². The molecule has 1 aromatic heterocycles. The van der Waals surface area contributed by atoms with Crippen LogP contribution in [0, 0.1) is 0 Å². The van der Waals surface area contributed by atoms with Crippen molar-refractivity contribution in [1.82, 2.24) is 0 Å². The predicted molar refractivity (Wildman–Crippen MR) is 209 cm³/mol. The number of nitrogens with zero attached hydrogens (tertiary/aromatic N) is 1. The molecule has 10 aromatic rings. The summed E-state index contributed by atoms with van der Waals surface area (Å²) in [5.41, 5.74) is 5.87. The summed E-state index contributed by atoms with van der Waals surface area (Å²) >= 11 is 1.89. The van der Waals surface area contributed by atoms with Gasteiger partial charge in [-0.05, 0) is 96.7 Å². The summed E-state index contributed by atoms with van der Waals surface area (Å²) < 4.78 is 2.68. The molecular formula is C46H29NS. The van der Waals surface area contributed by atoms with Crippen LogP contribution in [-0.2, 0) is 0 Å². The molecule has 9 aromatic carbocycles. The summed E-state index contributed by atoms with van der Waals surface area (Å²) in [6.07, 6.45) is 0. The first kappa shape index (κ1) is 27.2. The van der Waals surface area contributed by atoms with E-state index < -0.39 is 0 Å². The topological polar surface area (TPSA) is 3.24 Å². The van der Waals surface area contributed by atoms with Crippen molar-refractivity contribution in [3.8, 4) is 11.1 Å². The Bertz CT molecular complexity index is 2840. The van der Waals surface area contributed by atoms with Crippen molar-refractivity contribution >= 4 is 91.7 Å². The van der Waals surface area contributed by atoms with Gasteiger partial charge in [-0.2, -0.15) is 0 Å². The van der Waals surface area contributed by atoms with Crippen LogP contribution >= 0.6 is 11.3 Å². The zero-order valence-electron chi connectivity index (χ0n) is 26.1. The molecule has 0 unspecified atom stereocenters. The second-order valence-electron chi connectivity index (χ2n) is 12.5. The van der Waals surface area contributed by atoms with E-state index in [1.807, 2.05) is 11.3 Å². The number of rotatable bonds is 4. The van der Waals surface area contributed by atoms with Gasteiger partial charge in [-0.15, -0.1) is 11.3 Å². The third-order valence-electron chi connectivity index (χ3n) is 9.81. The summed E-state index contributed by atoms with van der Waals surface area (Å²) in [4.78, 5) is 2.40. The Kier molecular flexibility index (Phi) is 6.12. The molecule has 0 aliphatic heterocycles. The molecule has 1 nitrogen and oxygen atoms in total. The molecule has 0 aliphatic rings. The Balaban J connectivity index is 1.15. The number of hydrogen-bond donors (Lipinski definition) is 0. The van der Waals surface area contributed by atoms with Crippen LogP contribution in [-0.4, -0.2) is 0 Å². The Morgan fingerprint density at radius 3 is 1.69 bits per heavy atom. The maximum atomic E-state index is 2.40. The zero-order valence-corrected chi connectivity index (χ0v) is 26.9. The lowest BCUT2D eigenvalue weighted by Crippen LogP contribution is -2.10. The number of thiophene rings is 1. The fourth-order valence-electron chi connectivity index (χ4n) is 7.49. The predicted octanol–water partition coefficient (Wildman–Crippen LogP) is 13.8. The monoisotopic (exact) mass is 627 g/mol. The van der Waals surface area contributed by atoms with Gasteiger partial charge in [-0.25, -0.2) is 0 Å². The Morgan fingerprint density at radius 2 is 0.875 bits per heavy atom. The van der Waals surface area contributed by atoms with Gasteiger partial charge in [0, 0.05) is 37.2 Å². The van der Waals surface area contributed by atoms with Gasteiger partial charge in [0.05, 0.1) is 0 Å². The molecule has 0 aliphatic carbocycles. The molecule has 2 heteroatoms. The lowest BCUT2D eigenvalue weighted by atomic mass is 9.98. The van der Waals surface area contributed by atoms with Gasteiger partial charge in [-0.3, -0.25) is 0 Å². The quantitative estimate of drug-likeness (QED) is 0.176. The van der Waals surface area contributed by atoms with Crippen LogP contribution in [0.4, 0.5) is 17.1 Å². The largest absolute Gasteiger partial charge is 0.310 e. The normalized spacial score (nSPS) is 11.8. The summed E-state index contributed by atoms with van der Waals surface area (Å²) in [5.74, 6) is 0. The SMILES string of the molecule is c1ccc2c(-c3ccc(N(c4ccc5c(ccc6ccccc65)c4)c4ccc5c(ccc6c7ccccc7sc56)c4)cc3)cccc2c1. The Morgan fingerprint density at radius 1 is 0.333 bits per heavy atom. The van der Waals surface area contributed by atoms with Crippen LogP contribution in [0.15, 0.2) is 176 Å². The molecule has 0 N–H and O–H groups in total. The van der Waals surface area contributed by atoms with Crippen molar-refractivity contribution in [3.05, 3.63) is 176 Å². The van der Waals surface area contributed by atoms with Crippen molar-refractivity contribution in [2.24, 2.45) is 0 Å². The first-order valence-corrected chi connectivity index (χ1v) is 17.2. The van der Waals surface area contributed by atoms with Gasteiger partial charge in [0.2, 0.25) is 0 Å². The van der Waals surface area contributed by atoms with Gasteiger partial charge in [0.1, 0.15) is 0 Å². The van der Waals surface area contributed by atoms with Crippen molar-refractivity contribution in [1.29, 1.82) is 0 Å². The Hall–Kier alpha value is -5.96. The van der Waals surface area contributed by atoms with E-state index in [2.05, 4.69) is 181 Å². The first-order valence-electron chi connectivity index (χ1n) is 16.4. The molecule has 0 fully saturated rings. The number of anilines is 3. The van der Waals surface area contributed by atoms with Crippen molar-refractivity contribution in [2.45, 2.75) is 0 Å². The fourth-order valence-corrected chi connectivity index (χ4v) is 8.73. The highest BCUT2D eigenvalue weighted by Crippen LogP contribution is 2.43. The first-order chi connectivity index (χ1) is 23.8. The standard InChI is InChI=1S/C46H29NS/c1-3-11-38-30(8-1)10-7-14-40(38)32-18-21-35(22-19-32)47(36-23-26-41-33(28-36)17-16-31-9-2-4-12-39(31)41)37-24-27-42-34(29-37)20-25-44-43-13-5-6-15-45(43)48-46(42)44/h1-29H. The average Bonchev–Trinajstić information content (AvgIpc) is 3.54. The van der Waals surface area contributed by atoms with Crippen molar-refractivity contribution in [2.75, 3.05) is 4.90 Å². The molecule has 0 spiro atoms. The van der Waals surface area contributed by atoms with E-state index in [1.54, 1.807) is 0 Å². The third-order valence-corrected chi connectivity index (χ3v) is 11.0. The highest BCUT2D eigenvalue weighted by Gasteiger charge is 2.16. The third kappa shape index (κ3) is 4.31. The van der Waals surface area contributed by atoms with Crippen LogP contribution in [0.1, 0.15) is 0 Å². The molecule has 224 valence electrons. The van der Waals surface area contributed by atoms with Crippen LogP contribution in [0.25, 0.3) is 74.4 Å². The van der Waals surface area contributed by atoms with Crippen LogP contribution < -0.4 is 4.90 Å². The molecular weight excluding hydrogens is 599 g/mol. The maximum Gasteiger partial charge on any atom is 0.0468 e. The van der Waals surface area contributed by atoms with Crippen LogP contribution in [0.5, 0.6) is 0 Å². The molecule has 0 radical (unpaired) electrons. The minimum atomic E-state index is 1.13. The Labute approximate surface area is 282 Å². The lowest BCUT2D eigenvalue weighted by Gasteiger charge is -2.26. The van der Waals surface area contributed by atoms with Crippen molar-refractivity contribution < 1.29 is 0 Å². The maximum absolute atomic E-state index is 2.40. The van der Waals surface area contributed by atoms with Gasteiger partial charge < -0.3 is 4.90 Å². The summed E-state index contributed by atoms with van der Waals surface area (Å²) in [6.45, 7) is 0. The minimum absolute atomic E-state index is 1.13. The molecule has 1 heterocycles. The molecule has 48 heavy (non-hydrogen) atoms. The number of hydrogen-bond acceptors (Lipinski definition) is 2. The van der Waals surface area contributed by atoms with E-state index in [0.717, 1.165) is 17.1 Å². The van der Waals surface area contributed by atoms with Gasteiger partial charge in [0.25, 0.3) is 0 Å². The van der Waals surface area contributed by atoms with E-state index in [1.165, 1.54) is 74.4 Å². The molecule has 0 atom stereocenters. The van der Waals surface area contributed by atoms with Gasteiger partial charge in [-0.1, -0.05) is 133 Å². The highest BCUT2D eigenvalue weighted by molar-refractivity contribution is 7.26. The minimum Gasteiger partial charge on any atom is -0.310 e. The van der Waals surface area contributed by atoms with Crippen molar-refractivity contribution in [3.63, 3.8) is 0 Å². The molecule has 0 amide bonds. The fraction of sp³-hybridized carbons (Fsp3) is 0. The molecule has 0 saturated carbocycles. The smallest absolute Gasteiger partial charge is 0.0468 e. The van der Waals surface area contributed by atoms with E-state index in [0.29, 0.717) is 0 Å². The van der Waals surface area contributed by atoms with E-state index in [9.17, 15) is 0 Å². The summed E-state index contributed by atoms with van der Waals surface area (Å²) in [7, 11) is 0. The van der Waals surface area contributed by atoms with Gasteiger partial charge in [0.15, 0.2) is 0 Å². The zero-order chi connectivity index (χ0) is 31.6. The van der Waals surface area contributed by atoms with Crippen LogP contribution in [0.3, 0.4) is 0 Å². The van der Waals surface area contributed by atoms with Gasteiger partial charge >= 0.3 is 0 Å². The highest BCUT2D eigenvalue weighted by atomic mass is 32.1. The summed E-state index contributed by atoms with van der Waals surface area (Å²) in [5, 5.41) is 12.8. The average molecular weight is 628 g/mol. The van der Waals surface area contributed by atoms with Crippen LogP contribution in [0.2, 0.25) is 0 Å². The second-order valence-corrected chi connectivity index (χ2v) is 13.6. The molecule has 0 bridgehead atoms. The molecule has 10 rings (SSSR count). The second kappa shape index (κ2) is 10.8. The molecule has 0 saturated heterocycles.